The lowest BCUT2D eigenvalue weighted by Gasteiger charge is -2.10. The number of hydrogen-bond donors (Lipinski definition) is 0. The van der Waals surface area contributed by atoms with E-state index in [9.17, 15) is 0 Å². The van der Waals surface area contributed by atoms with Gasteiger partial charge in [0.15, 0.2) is 0 Å². The van der Waals surface area contributed by atoms with Crippen LogP contribution in [0.15, 0.2) is 42.5 Å². The monoisotopic (exact) mass is 248 g/mol. The van der Waals surface area contributed by atoms with Crippen molar-refractivity contribution in [3.8, 4) is 22.6 Å². The highest BCUT2D eigenvalue weighted by Crippen LogP contribution is 2.33. The molecule has 0 heterocycles. The first kappa shape index (κ1) is 11.8. The maximum absolute atomic E-state index is 5.87. The predicted octanol–water partition coefficient (Wildman–Crippen LogP) is 4.02. The van der Waals surface area contributed by atoms with Gasteiger partial charge in [-0.2, -0.15) is 0 Å². The third-order valence-electron chi connectivity index (χ3n) is 2.56. The summed E-state index contributed by atoms with van der Waals surface area (Å²) in [6.45, 7) is 0. The predicted molar refractivity (Wildman–Crippen MR) is 70.0 cm³/mol. The Bertz CT molecular complexity index is 506. The van der Waals surface area contributed by atoms with Crippen molar-refractivity contribution in [3.05, 3.63) is 47.5 Å². The number of methoxy groups -OCH3 is 2. The average Bonchev–Trinajstić information content (AvgIpc) is 2.39. The first-order valence-corrected chi connectivity index (χ1v) is 5.60. The molecule has 0 bridgehead atoms. The van der Waals surface area contributed by atoms with Gasteiger partial charge in [-0.3, -0.25) is 0 Å². The molecule has 17 heavy (non-hydrogen) atoms. The van der Waals surface area contributed by atoms with Gasteiger partial charge in [0.2, 0.25) is 0 Å². The fourth-order valence-corrected chi connectivity index (χ4v) is 1.79. The van der Waals surface area contributed by atoms with Gasteiger partial charge in [-0.05, 0) is 29.8 Å². The Morgan fingerprint density at radius 1 is 0.882 bits per heavy atom. The second kappa shape index (κ2) is 5.11. The van der Waals surface area contributed by atoms with Crippen LogP contribution in [0.2, 0.25) is 5.02 Å². The Labute approximate surface area is 106 Å². The second-order valence-corrected chi connectivity index (χ2v) is 4.01. The van der Waals surface area contributed by atoms with Gasteiger partial charge in [0.05, 0.1) is 14.2 Å². The molecule has 0 aliphatic heterocycles. The number of rotatable bonds is 3. The molecule has 2 aromatic carbocycles. The highest BCUT2D eigenvalue weighted by Gasteiger charge is 2.07. The largest absolute Gasteiger partial charge is 0.497 e. The molecule has 0 radical (unpaired) electrons. The molecule has 0 aromatic heterocycles. The van der Waals surface area contributed by atoms with Crippen LogP contribution >= 0.6 is 11.6 Å². The van der Waals surface area contributed by atoms with E-state index in [0.717, 1.165) is 27.6 Å². The minimum absolute atomic E-state index is 0.723. The van der Waals surface area contributed by atoms with Gasteiger partial charge in [0.25, 0.3) is 0 Å². The summed E-state index contributed by atoms with van der Waals surface area (Å²) in [5, 5.41) is 0.723. The minimum Gasteiger partial charge on any atom is -0.497 e. The summed E-state index contributed by atoms with van der Waals surface area (Å²) in [7, 11) is 3.28. The molecule has 0 aliphatic carbocycles. The highest BCUT2D eigenvalue weighted by atomic mass is 35.5. The van der Waals surface area contributed by atoms with Gasteiger partial charge >= 0.3 is 0 Å². The maximum atomic E-state index is 5.87. The van der Waals surface area contributed by atoms with Gasteiger partial charge in [-0.1, -0.05) is 23.7 Å². The molecular formula is C14H13ClO2. The molecule has 0 N–H and O–H groups in total. The van der Waals surface area contributed by atoms with E-state index in [2.05, 4.69) is 0 Å². The molecule has 0 atom stereocenters. The summed E-state index contributed by atoms with van der Waals surface area (Å²) in [4.78, 5) is 0. The topological polar surface area (TPSA) is 18.5 Å². The first-order valence-electron chi connectivity index (χ1n) is 5.22. The Morgan fingerprint density at radius 3 is 2.18 bits per heavy atom. The Hall–Kier alpha value is -1.67. The summed E-state index contributed by atoms with van der Waals surface area (Å²) >= 11 is 5.87. The van der Waals surface area contributed by atoms with Crippen LogP contribution in [-0.2, 0) is 0 Å². The van der Waals surface area contributed by atoms with Crippen LogP contribution in [0.1, 0.15) is 0 Å². The van der Waals surface area contributed by atoms with E-state index < -0.39 is 0 Å². The van der Waals surface area contributed by atoms with Crippen molar-refractivity contribution in [1.82, 2.24) is 0 Å². The van der Waals surface area contributed by atoms with Crippen molar-refractivity contribution in [2.24, 2.45) is 0 Å². The van der Waals surface area contributed by atoms with Crippen molar-refractivity contribution in [3.63, 3.8) is 0 Å². The number of halogens is 1. The van der Waals surface area contributed by atoms with Crippen molar-refractivity contribution >= 4 is 11.6 Å². The fourth-order valence-electron chi connectivity index (χ4n) is 1.67. The van der Waals surface area contributed by atoms with Crippen LogP contribution in [0, 0.1) is 0 Å². The van der Waals surface area contributed by atoms with E-state index in [1.807, 2.05) is 42.5 Å². The zero-order chi connectivity index (χ0) is 12.3. The second-order valence-electron chi connectivity index (χ2n) is 3.57. The normalized spacial score (nSPS) is 10.1. The summed E-state index contributed by atoms with van der Waals surface area (Å²) < 4.78 is 10.5. The lowest BCUT2D eigenvalue weighted by molar-refractivity contribution is 0.395. The highest BCUT2D eigenvalue weighted by molar-refractivity contribution is 6.30. The van der Waals surface area contributed by atoms with Crippen LogP contribution in [-0.4, -0.2) is 14.2 Å². The quantitative estimate of drug-likeness (QED) is 0.817. The molecule has 0 unspecified atom stereocenters. The summed E-state index contributed by atoms with van der Waals surface area (Å²) in [5.41, 5.74) is 2.08. The minimum atomic E-state index is 0.723. The number of ether oxygens (including phenoxy) is 2. The number of benzene rings is 2. The summed E-state index contributed by atoms with van der Waals surface area (Å²) in [6.07, 6.45) is 0. The molecule has 88 valence electrons. The van der Waals surface area contributed by atoms with E-state index in [1.165, 1.54) is 0 Å². The molecule has 0 amide bonds. The van der Waals surface area contributed by atoms with Gasteiger partial charge in [-0.25, -0.2) is 0 Å². The SMILES string of the molecule is COc1ccc(-c2ccc(Cl)cc2)c(OC)c1. The van der Waals surface area contributed by atoms with Gasteiger partial charge < -0.3 is 9.47 Å². The Morgan fingerprint density at radius 2 is 1.59 bits per heavy atom. The lowest BCUT2D eigenvalue weighted by Crippen LogP contribution is -1.90. The van der Waals surface area contributed by atoms with Crippen LogP contribution in [0.25, 0.3) is 11.1 Å². The van der Waals surface area contributed by atoms with Gasteiger partial charge in [0.1, 0.15) is 11.5 Å². The Kier molecular flexibility index (Phi) is 3.55. The summed E-state index contributed by atoms with van der Waals surface area (Å²) in [5.74, 6) is 1.56. The molecule has 3 heteroatoms. The van der Waals surface area contributed by atoms with Crippen LogP contribution < -0.4 is 9.47 Å². The van der Waals surface area contributed by atoms with E-state index in [1.54, 1.807) is 14.2 Å². The van der Waals surface area contributed by atoms with Crippen molar-refractivity contribution in [1.29, 1.82) is 0 Å². The van der Waals surface area contributed by atoms with Gasteiger partial charge in [-0.15, -0.1) is 0 Å². The molecular weight excluding hydrogens is 236 g/mol. The average molecular weight is 249 g/mol. The van der Waals surface area contributed by atoms with Gasteiger partial charge in [0, 0.05) is 16.7 Å². The molecule has 0 saturated carbocycles. The van der Waals surface area contributed by atoms with E-state index in [0.29, 0.717) is 0 Å². The smallest absolute Gasteiger partial charge is 0.130 e. The van der Waals surface area contributed by atoms with E-state index >= 15 is 0 Å². The standard InChI is InChI=1S/C14H13ClO2/c1-16-12-7-8-13(14(9-12)17-2)10-3-5-11(15)6-4-10/h3-9H,1-2H3. The Balaban J connectivity index is 2.47. The zero-order valence-corrected chi connectivity index (χ0v) is 10.5. The fraction of sp³-hybridized carbons (Fsp3) is 0.143. The van der Waals surface area contributed by atoms with Crippen LogP contribution in [0.5, 0.6) is 11.5 Å². The molecule has 0 spiro atoms. The molecule has 0 aliphatic rings. The molecule has 0 saturated heterocycles. The molecule has 2 nitrogen and oxygen atoms in total. The van der Waals surface area contributed by atoms with E-state index in [4.69, 9.17) is 21.1 Å². The third kappa shape index (κ3) is 2.53. The zero-order valence-electron chi connectivity index (χ0n) is 9.74. The van der Waals surface area contributed by atoms with Crippen molar-refractivity contribution < 1.29 is 9.47 Å². The molecule has 2 rings (SSSR count). The lowest BCUT2D eigenvalue weighted by atomic mass is 10.0. The van der Waals surface area contributed by atoms with E-state index in [-0.39, 0.29) is 0 Å². The third-order valence-corrected chi connectivity index (χ3v) is 2.82. The van der Waals surface area contributed by atoms with Crippen molar-refractivity contribution in [2.75, 3.05) is 14.2 Å². The molecule has 0 fully saturated rings. The first-order chi connectivity index (χ1) is 8.24. The molecule has 2 aromatic rings. The maximum Gasteiger partial charge on any atom is 0.130 e. The van der Waals surface area contributed by atoms with Crippen molar-refractivity contribution in [2.45, 2.75) is 0 Å². The van der Waals surface area contributed by atoms with Crippen LogP contribution in [0.4, 0.5) is 0 Å². The number of hydrogen-bond acceptors (Lipinski definition) is 2. The summed E-state index contributed by atoms with van der Waals surface area (Å²) in [6, 6.07) is 13.4. The van der Waals surface area contributed by atoms with Crippen LogP contribution in [0.3, 0.4) is 0 Å².